The van der Waals surface area contributed by atoms with Crippen LogP contribution in [0.3, 0.4) is 0 Å². The molecule has 1 atom stereocenters. The molecule has 0 aliphatic carbocycles. The molecule has 0 saturated heterocycles. The fourth-order valence-electron chi connectivity index (χ4n) is 4.07. The summed E-state index contributed by atoms with van der Waals surface area (Å²) < 4.78 is 57.4. The quantitative estimate of drug-likeness (QED) is 0.248. The zero-order valence-electron chi connectivity index (χ0n) is 20.6. The number of halogens is 4. The van der Waals surface area contributed by atoms with Crippen molar-refractivity contribution in [3.8, 4) is 28.0 Å². The van der Waals surface area contributed by atoms with Crippen LogP contribution in [0.15, 0.2) is 91.0 Å². The summed E-state index contributed by atoms with van der Waals surface area (Å²) in [4.78, 5) is 24.6. The van der Waals surface area contributed by atoms with Gasteiger partial charge in [0.05, 0.1) is 12.7 Å². The summed E-state index contributed by atoms with van der Waals surface area (Å²) in [5.41, 5.74) is 2.45. The van der Waals surface area contributed by atoms with Crippen molar-refractivity contribution in [1.82, 2.24) is 5.32 Å². The second-order valence-corrected chi connectivity index (χ2v) is 8.76. The smallest absolute Gasteiger partial charge is 0.416 e. The standard InChI is InChI=1S/C30H23F4NO4/c1-39-27-15-14-24(31)17-25(27)21-4-2-18(3-5-21)16-26(29(37)38)35-28(36)22-8-6-19(7-9-22)20-10-12-23(13-11-20)30(32,33)34/h2-15,17,26H,16H2,1H3,(H,35,36)(H,37,38)/t26-/m0/s1. The van der Waals surface area contributed by atoms with E-state index in [1.54, 1.807) is 36.4 Å². The molecule has 0 fully saturated rings. The van der Waals surface area contributed by atoms with Gasteiger partial charge in [0, 0.05) is 17.5 Å². The summed E-state index contributed by atoms with van der Waals surface area (Å²) in [6.07, 6.45) is -4.43. The van der Waals surface area contributed by atoms with Crippen molar-refractivity contribution < 1.29 is 37.0 Å². The number of amides is 1. The van der Waals surface area contributed by atoms with Crippen molar-refractivity contribution >= 4 is 11.9 Å². The Bertz CT molecular complexity index is 1470. The number of hydrogen-bond donors (Lipinski definition) is 2. The topological polar surface area (TPSA) is 75.6 Å². The number of aliphatic carboxylic acids is 1. The van der Waals surface area contributed by atoms with Crippen molar-refractivity contribution in [3.63, 3.8) is 0 Å². The van der Waals surface area contributed by atoms with Crippen molar-refractivity contribution in [3.05, 3.63) is 114 Å². The molecule has 1 amide bonds. The molecule has 0 bridgehead atoms. The van der Waals surface area contributed by atoms with Crippen LogP contribution in [0.25, 0.3) is 22.3 Å². The van der Waals surface area contributed by atoms with E-state index in [4.69, 9.17) is 4.74 Å². The van der Waals surface area contributed by atoms with Crippen molar-refractivity contribution in [2.45, 2.75) is 18.6 Å². The minimum atomic E-state index is -4.43. The highest BCUT2D eigenvalue weighted by Crippen LogP contribution is 2.32. The van der Waals surface area contributed by atoms with E-state index in [0.717, 1.165) is 12.1 Å². The number of methoxy groups -OCH3 is 1. The van der Waals surface area contributed by atoms with Gasteiger partial charge in [0.25, 0.3) is 5.91 Å². The molecule has 0 unspecified atom stereocenters. The monoisotopic (exact) mass is 537 g/mol. The number of nitrogens with one attached hydrogen (secondary N) is 1. The van der Waals surface area contributed by atoms with Gasteiger partial charge >= 0.3 is 12.1 Å². The lowest BCUT2D eigenvalue weighted by Crippen LogP contribution is -2.42. The fourth-order valence-corrected chi connectivity index (χ4v) is 4.07. The molecule has 0 radical (unpaired) electrons. The summed E-state index contributed by atoms with van der Waals surface area (Å²) in [6.45, 7) is 0. The number of hydrogen-bond acceptors (Lipinski definition) is 3. The lowest BCUT2D eigenvalue weighted by Gasteiger charge is -2.16. The van der Waals surface area contributed by atoms with E-state index in [2.05, 4.69) is 5.32 Å². The summed E-state index contributed by atoms with van der Waals surface area (Å²) in [5.74, 6) is -1.76. The van der Waals surface area contributed by atoms with Gasteiger partial charge in [-0.25, -0.2) is 9.18 Å². The van der Waals surface area contributed by atoms with Gasteiger partial charge in [0.15, 0.2) is 0 Å². The lowest BCUT2D eigenvalue weighted by atomic mass is 9.99. The predicted molar refractivity (Wildman–Crippen MR) is 138 cm³/mol. The van der Waals surface area contributed by atoms with Crippen LogP contribution in [0, 0.1) is 5.82 Å². The average Bonchev–Trinajstić information content (AvgIpc) is 2.92. The third-order valence-electron chi connectivity index (χ3n) is 6.16. The SMILES string of the molecule is COc1ccc(F)cc1-c1ccc(C[C@H](NC(=O)c2ccc(-c3ccc(C(F)(F)F)cc3)cc2)C(=O)O)cc1. The molecule has 0 aliphatic heterocycles. The molecule has 4 aromatic rings. The first-order chi connectivity index (χ1) is 18.5. The Morgan fingerprint density at radius 1 is 0.846 bits per heavy atom. The zero-order valence-corrected chi connectivity index (χ0v) is 20.6. The molecule has 0 heterocycles. The van der Waals surface area contributed by atoms with Crippen molar-refractivity contribution in [2.75, 3.05) is 7.11 Å². The van der Waals surface area contributed by atoms with Gasteiger partial charge in [-0.15, -0.1) is 0 Å². The summed E-state index contributed by atoms with van der Waals surface area (Å²) >= 11 is 0. The van der Waals surface area contributed by atoms with Gasteiger partial charge in [-0.2, -0.15) is 13.2 Å². The Morgan fingerprint density at radius 3 is 1.95 bits per heavy atom. The van der Waals surface area contributed by atoms with Gasteiger partial charge in [0.2, 0.25) is 0 Å². The third kappa shape index (κ3) is 6.62. The molecule has 2 N–H and O–H groups in total. The van der Waals surface area contributed by atoms with Crippen LogP contribution in [0.2, 0.25) is 0 Å². The molecule has 4 rings (SSSR count). The maximum Gasteiger partial charge on any atom is 0.416 e. The first-order valence-corrected chi connectivity index (χ1v) is 11.8. The van der Waals surface area contributed by atoms with E-state index >= 15 is 0 Å². The molecule has 9 heteroatoms. The van der Waals surface area contributed by atoms with Crippen LogP contribution in [0.1, 0.15) is 21.5 Å². The Morgan fingerprint density at radius 2 is 1.41 bits per heavy atom. The average molecular weight is 538 g/mol. The Balaban J connectivity index is 1.44. The second-order valence-electron chi connectivity index (χ2n) is 8.76. The van der Waals surface area contributed by atoms with Crippen LogP contribution in [0.5, 0.6) is 5.75 Å². The number of alkyl halides is 3. The fraction of sp³-hybridized carbons (Fsp3) is 0.133. The Kier molecular flexibility index (Phi) is 7.99. The number of carboxylic acid groups (broad SMARTS) is 1. The van der Waals surface area contributed by atoms with E-state index in [0.29, 0.717) is 33.6 Å². The van der Waals surface area contributed by atoms with E-state index < -0.39 is 35.5 Å². The molecule has 0 aromatic heterocycles. The molecule has 5 nitrogen and oxygen atoms in total. The van der Waals surface area contributed by atoms with Crippen LogP contribution < -0.4 is 10.1 Å². The van der Waals surface area contributed by atoms with Gasteiger partial charge in [0.1, 0.15) is 17.6 Å². The highest BCUT2D eigenvalue weighted by molar-refractivity contribution is 5.97. The first kappa shape index (κ1) is 27.4. The number of carboxylic acids is 1. The number of carbonyl (C=O) groups is 2. The van der Waals surface area contributed by atoms with Gasteiger partial charge in [-0.1, -0.05) is 48.5 Å². The highest BCUT2D eigenvalue weighted by Gasteiger charge is 2.30. The lowest BCUT2D eigenvalue weighted by molar-refractivity contribution is -0.139. The Labute approximate surface area is 221 Å². The third-order valence-corrected chi connectivity index (χ3v) is 6.16. The largest absolute Gasteiger partial charge is 0.496 e. The Hall–Kier alpha value is -4.66. The van der Waals surface area contributed by atoms with E-state index in [-0.39, 0.29) is 12.0 Å². The van der Waals surface area contributed by atoms with Gasteiger partial charge < -0.3 is 15.2 Å². The van der Waals surface area contributed by atoms with Crippen LogP contribution in [-0.2, 0) is 17.4 Å². The van der Waals surface area contributed by atoms with E-state index in [1.807, 2.05) is 0 Å². The minimum Gasteiger partial charge on any atom is -0.496 e. The number of ether oxygens (including phenoxy) is 1. The predicted octanol–water partition coefficient (Wildman–Crippen LogP) is 6.61. The molecular formula is C30H23F4NO4. The molecule has 4 aromatic carbocycles. The van der Waals surface area contributed by atoms with Crippen LogP contribution in [-0.4, -0.2) is 30.1 Å². The molecule has 200 valence electrons. The normalized spacial score (nSPS) is 12.0. The summed E-state index contributed by atoms with van der Waals surface area (Å²) in [6, 6.07) is 20.5. The first-order valence-electron chi connectivity index (χ1n) is 11.8. The number of carbonyl (C=O) groups excluding carboxylic acids is 1. The molecule has 0 aliphatic rings. The number of rotatable bonds is 8. The summed E-state index contributed by atoms with van der Waals surface area (Å²) in [5, 5.41) is 12.2. The van der Waals surface area contributed by atoms with Crippen molar-refractivity contribution in [2.24, 2.45) is 0 Å². The molecule has 39 heavy (non-hydrogen) atoms. The summed E-state index contributed by atoms with van der Waals surface area (Å²) in [7, 11) is 1.48. The van der Waals surface area contributed by atoms with Crippen molar-refractivity contribution in [1.29, 1.82) is 0 Å². The van der Waals surface area contributed by atoms with Gasteiger partial charge in [-0.3, -0.25) is 4.79 Å². The van der Waals surface area contributed by atoms with E-state index in [9.17, 15) is 32.3 Å². The van der Waals surface area contributed by atoms with Crippen LogP contribution in [0.4, 0.5) is 17.6 Å². The van der Waals surface area contributed by atoms with Crippen LogP contribution >= 0.6 is 0 Å². The molecule has 0 spiro atoms. The molecule has 0 saturated carbocycles. The zero-order chi connectivity index (χ0) is 28.2. The minimum absolute atomic E-state index is 0.00523. The maximum absolute atomic E-state index is 13.7. The highest BCUT2D eigenvalue weighted by atomic mass is 19.4. The molecular weight excluding hydrogens is 514 g/mol. The second kappa shape index (κ2) is 11.4. The maximum atomic E-state index is 13.7. The van der Waals surface area contributed by atoms with Gasteiger partial charge in [-0.05, 0) is 64.7 Å². The number of benzene rings is 4. The van der Waals surface area contributed by atoms with E-state index in [1.165, 1.54) is 49.6 Å².